The molecule has 164 valence electrons. The molecule has 8 heteroatoms. The topological polar surface area (TPSA) is 108 Å². The largest absolute Gasteiger partial charge is 0.396 e. The van der Waals surface area contributed by atoms with E-state index in [0.717, 1.165) is 6.42 Å². The van der Waals surface area contributed by atoms with E-state index in [4.69, 9.17) is 9.84 Å². The maximum Gasteiger partial charge on any atom is 0.246 e. The van der Waals surface area contributed by atoms with Gasteiger partial charge >= 0.3 is 0 Å². The highest BCUT2D eigenvalue weighted by atomic mass is 16.5. The van der Waals surface area contributed by atoms with Crippen molar-refractivity contribution < 1.29 is 24.2 Å². The summed E-state index contributed by atoms with van der Waals surface area (Å²) in [5.74, 6) is -1.84. The lowest BCUT2D eigenvalue weighted by Crippen LogP contribution is -2.58. The second-order valence-electron chi connectivity index (χ2n) is 9.90. The van der Waals surface area contributed by atoms with E-state index in [1.165, 1.54) is 0 Å². The SMILES string of the molecule is CNC(=O)[C@@H]1[C@H]2C(=O)N(CCCCCO)C(C(=O)NC(C)(C)C)C23CC[C@@]1(C)O3. The Hall–Kier alpha value is -1.67. The number of ether oxygens (including phenoxy) is 1. The number of nitrogens with zero attached hydrogens (tertiary/aromatic N) is 1. The smallest absolute Gasteiger partial charge is 0.246 e. The van der Waals surface area contributed by atoms with Gasteiger partial charge in [0.25, 0.3) is 0 Å². The van der Waals surface area contributed by atoms with Crippen molar-refractivity contribution in [3.8, 4) is 0 Å². The standard InChI is InChI=1S/C21H35N3O5/c1-19(2,3)23-17(27)15-21-10-9-20(4,29-21)13(16(26)22-5)14(21)18(28)24(15)11-7-6-8-12-25/h13-15,25H,6-12H2,1-5H3,(H,22,26)(H,23,27)/t13-,14-,15?,20+,21?/m0/s1. The number of unbranched alkanes of at least 4 members (excludes halogenated alkanes) is 2. The van der Waals surface area contributed by atoms with Gasteiger partial charge in [0.2, 0.25) is 17.7 Å². The minimum absolute atomic E-state index is 0.106. The summed E-state index contributed by atoms with van der Waals surface area (Å²) in [5.41, 5.74) is -2.14. The van der Waals surface area contributed by atoms with Crippen molar-refractivity contribution in [2.24, 2.45) is 11.8 Å². The third kappa shape index (κ3) is 3.54. The molecular formula is C21H35N3O5. The molecule has 5 atom stereocenters. The van der Waals surface area contributed by atoms with Crippen LogP contribution in [0.4, 0.5) is 0 Å². The van der Waals surface area contributed by atoms with Gasteiger partial charge in [-0.2, -0.15) is 0 Å². The fourth-order valence-corrected chi connectivity index (χ4v) is 5.53. The summed E-state index contributed by atoms with van der Waals surface area (Å²) in [6.45, 7) is 8.13. The van der Waals surface area contributed by atoms with Crippen molar-refractivity contribution in [1.82, 2.24) is 15.5 Å². The van der Waals surface area contributed by atoms with E-state index in [1.807, 2.05) is 27.7 Å². The Kier molecular flexibility index (Phi) is 5.73. The number of hydrogen-bond donors (Lipinski definition) is 3. The van der Waals surface area contributed by atoms with Gasteiger partial charge in [-0.1, -0.05) is 0 Å². The monoisotopic (exact) mass is 409 g/mol. The molecule has 3 N–H and O–H groups in total. The average molecular weight is 410 g/mol. The first-order valence-corrected chi connectivity index (χ1v) is 10.7. The van der Waals surface area contributed by atoms with E-state index < -0.39 is 34.6 Å². The highest BCUT2D eigenvalue weighted by molar-refractivity contribution is 5.99. The van der Waals surface area contributed by atoms with Gasteiger partial charge in [-0.05, 0) is 59.8 Å². The Morgan fingerprint density at radius 3 is 2.48 bits per heavy atom. The summed E-state index contributed by atoms with van der Waals surface area (Å²) in [6, 6.07) is -0.746. The number of carbonyl (C=O) groups is 3. The molecule has 0 aromatic carbocycles. The second-order valence-corrected chi connectivity index (χ2v) is 9.90. The van der Waals surface area contributed by atoms with Crippen molar-refractivity contribution in [3.05, 3.63) is 0 Å². The van der Waals surface area contributed by atoms with E-state index in [-0.39, 0.29) is 24.3 Å². The number of likely N-dealkylation sites (tertiary alicyclic amines) is 1. The van der Waals surface area contributed by atoms with Crippen molar-refractivity contribution in [3.63, 3.8) is 0 Å². The maximum atomic E-state index is 13.5. The minimum Gasteiger partial charge on any atom is -0.396 e. The number of amides is 3. The Morgan fingerprint density at radius 1 is 1.21 bits per heavy atom. The fourth-order valence-electron chi connectivity index (χ4n) is 5.53. The molecule has 2 bridgehead atoms. The lowest BCUT2D eigenvalue weighted by Gasteiger charge is -2.35. The number of aliphatic hydroxyl groups is 1. The average Bonchev–Trinajstić information content (AvgIpc) is 3.18. The molecule has 3 fully saturated rings. The molecular weight excluding hydrogens is 374 g/mol. The number of aliphatic hydroxyl groups excluding tert-OH is 1. The first kappa shape index (κ1) is 22.0. The van der Waals surface area contributed by atoms with Gasteiger partial charge in [-0.3, -0.25) is 14.4 Å². The Labute approximate surface area is 172 Å². The molecule has 0 aliphatic carbocycles. The molecule has 3 heterocycles. The molecule has 0 radical (unpaired) electrons. The number of fused-ring (bicyclic) bond motifs is 1. The molecule has 3 amide bonds. The molecule has 2 unspecified atom stereocenters. The zero-order valence-corrected chi connectivity index (χ0v) is 18.2. The third-order valence-electron chi connectivity index (χ3n) is 6.61. The van der Waals surface area contributed by atoms with Crippen molar-refractivity contribution in [1.29, 1.82) is 0 Å². The molecule has 0 aromatic heterocycles. The zero-order valence-electron chi connectivity index (χ0n) is 18.2. The summed E-state index contributed by atoms with van der Waals surface area (Å²) >= 11 is 0. The van der Waals surface area contributed by atoms with Gasteiger partial charge in [-0.15, -0.1) is 0 Å². The van der Waals surface area contributed by atoms with Crippen molar-refractivity contribution >= 4 is 17.7 Å². The van der Waals surface area contributed by atoms with Gasteiger partial charge in [0.05, 0.1) is 17.4 Å². The maximum absolute atomic E-state index is 13.5. The molecule has 3 saturated heterocycles. The first-order valence-electron chi connectivity index (χ1n) is 10.7. The molecule has 0 aromatic rings. The van der Waals surface area contributed by atoms with Crippen LogP contribution in [0.25, 0.3) is 0 Å². The first-order chi connectivity index (χ1) is 13.5. The highest BCUT2D eigenvalue weighted by Crippen LogP contribution is 2.63. The van der Waals surface area contributed by atoms with Gasteiger partial charge in [0.15, 0.2) is 0 Å². The van der Waals surface area contributed by atoms with E-state index in [2.05, 4.69) is 10.6 Å². The summed E-state index contributed by atoms with van der Waals surface area (Å²) in [6.07, 6.45) is 3.35. The molecule has 8 nitrogen and oxygen atoms in total. The van der Waals surface area contributed by atoms with Gasteiger partial charge in [-0.25, -0.2) is 0 Å². The van der Waals surface area contributed by atoms with Crippen LogP contribution in [0.1, 0.15) is 59.8 Å². The number of carbonyl (C=O) groups excluding carboxylic acids is 3. The number of hydrogen-bond acceptors (Lipinski definition) is 5. The highest BCUT2D eigenvalue weighted by Gasteiger charge is 2.77. The van der Waals surface area contributed by atoms with Crippen LogP contribution in [-0.2, 0) is 19.1 Å². The normalized spacial score (nSPS) is 35.7. The van der Waals surface area contributed by atoms with E-state index in [1.54, 1.807) is 11.9 Å². The van der Waals surface area contributed by atoms with Crippen LogP contribution in [0.3, 0.4) is 0 Å². The van der Waals surface area contributed by atoms with Gasteiger partial charge in [0.1, 0.15) is 11.6 Å². The molecule has 1 spiro atoms. The predicted molar refractivity (Wildman–Crippen MR) is 107 cm³/mol. The van der Waals surface area contributed by atoms with Crippen molar-refractivity contribution in [2.45, 2.75) is 82.6 Å². The Balaban J connectivity index is 1.97. The molecule has 3 aliphatic heterocycles. The summed E-state index contributed by atoms with van der Waals surface area (Å²) in [5, 5.41) is 14.7. The van der Waals surface area contributed by atoms with Crippen LogP contribution in [0.2, 0.25) is 0 Å². The number of rotatable bonds is 7. The van der Waals surface area contributed by atoms with Crippen LogP contribution in [0.15, 0.2) is 0 Å². The van der Waals surface area contributed by atoms with Crippen molar-refractivity contribution in [2.75, 3.05) is 20.2 Å². The number of nitrogens with one attached hydrogen (secondary N) is 2. The van der Waals surface area contributed by atoms with Crippen LogP contribution >= 0.6 is 0 Å². The summed E-state index contributed by atoms with van der Waals surface area (Å²) < 4.78 is 6.46. The third-order valence-corrected chi connectivity index (χ3v) is 6.61. The van der Waals surface area contributed by atoms with Crippen LogP contribution in [0.5, 0.6) is 0 Å². The van der Waals surface area contributed by atoms with Gasteiger partial charge < -0.3 is 25.4 Å². The predicted octanol–water partition coefficient (Wildman–Crippen LogP) is 0.574. The van der Waals surface area contributed by atoms with Crippen LogP contribution in [0, 0.1) is 11.8 Å². The molecule has 3 rings (SSSR count). The lowest BCUT2D eigenvalue weighted by atomic mass is 9.66. The molecule has 3 aliphatic rings. The quantitative estimate of drug-likeness (QED) is 0.533. The Morgan fingerprint density at radius 2 is 1.90 bits per heavy atom. The van der Waals surface area contributed by atoms with E-state index in [0.29, 0.717) is 32.2 Å². The molecule has 0 saturated carbocycles. The van der Waals surface area contributed by atoms with Crippen LogP contribution < -0.4 is 10.6 Å². The lowest BCUT2D eigenvalue weighted by molar-refractivity contribution is -0.146. The van der Waals surface area contributed by atoms with Crippen LogP contribution in [-0.4, -0.2) is 70.7 Å². The van der Waals surface area contributed by atoms with E-state index >= 15 is 0 Å². The molecule has 29 heavy (non-hydrogen) atoms. The summed E-state index contributed by atoms with van der Waals surface area (Å²) in [4.78, 5) is 41.2. The zero-order chi connectivity index (χ0) is 21.6. The minimum atomic E-state index is -0.963. The van der Waals surface area contributed by atoms with Gasteiger partial charge in [0, 0.05) is 25.7 Å². The summed E-state index contributed by atoms with van der Waals surface area (Å²) in [7, 11) is 1.57. The fraction of sp³-hybridized carbons (Fsp3) is 0.857. The Bertz CT molecular complexity index is 690. The second kappa shape index (κ2) is 7.54. The van der Waals surface area contributed by atoms with E-state index in [9.17, 15) is 14.4 Å².